The molecule has 2 aromatic rings. The lowest BCUT2D eigenvalue weighted by Gasteiger charge is -2.09. The predicted molar refractivity (Wildman–Crippen MR) is 72.5 cm³/mol. The molecule has 0 saturated heterocycles. The molecule has 2 N–H and O–H groups in total. The Hall–Kier alpha value is -1.95. The molecule has 1 amide bonds. The Bertz CT molecular complexity index is 526. The van der Waals surface area contributed by atoms with E-state index < -0.39 is 0 Å². The zero-order chi connectivity index (χ0) is 13.0. The van der Waals surface area contributed by atoms with Crippen molar-refractivity contribution >= 4 is 22.6 Å². The SMILES string of the molecule is CNC(=O)[C@@H](C)Nc1nc(-c2ccccc2)ns1. The molecule has 0 saturated carbocycles. The van der Waals surface area contributed by atoms with Gasteiger partial charge in [-0.1, -0.05) is 30.3 Å². The number of aromatic nitrogens is 2. The quantitative estimate of drug-likeness (QED) is 0.881. The number of nitrogens with one attached hydrogen (secondary N) is 2. The maximum atomic E-state index is 11.4. The number of carbonyl (C=O) groups excluding carboxylic acids is 1. The van der Waals surface area contributed by atoms with Crippen molar-refractivity contribution < 1.29 is 4.79 Å². The first-order valence-electron chi connectivity index (χ1n) is 5.58. The van der Waals surface area contributed by atoms with Gasteiger partial charge in [0.05, 0.1) is 0 Å². The van der Waals surface area contributed by atoms with Crippen molar-refractivity contribution in [3.8, 4) is 11.4 Å². The average Bonchev–Trinajstić information content (AvgIpc) is 2.87. The minimum Gasteiger partial charge on any atom is -0.357 e. The predicted octanol–water partition coefficient (Wildman–Crippen LogP) is 1.75. The van der Waals surface area contributed by atoms with Crippen LogP contribution in [0, 0.1) is 0 Å². The van der Waals surface area contributed by atoms with E-state index in [1.165, 1.54) is 11.5 Å². The van der Waals surface area contributed by atoms with E-state index >= 15 is 0 Å². The fraction of sp³-hybridized carbons (Fsp3) is 0.250. The molecule has 0 fully saturated rings. The van der Waals surface area contributed by atoms with Crippen molar-refractivity contribution in [1.29, 1.82) is 0 Å². The van der Waals surface area contributed by atoms with Crippen molar-refractivity contribution in [2.24, 2.45) is 0 Å². The molecule has 1 aromatic carbocycles. The highest BCUT2D eigenvalue weighted by molar-refractivity contribution is 7.09. The summed E-state index contributed by atoms with van der Waals surface area (Å²) in [5.74, 6) is 0.596. The van der Waals surface area contributed by atoms with E-state index in [1.807, 2.05) is 30.3 Å². The van der Waals surface area contributed by atoms with Crippen molar-refractivity contribution in [3.63, 3.8) is 0 Å². The maximum absolute atomic E-state index is 11.4. The van der Waals surface area contributed by atoms with Gasteiger partial charge in [0.1, 0.15) is 6.04 Å². The van der Waals surface area contributed by atoms with E-state index in [4.69, 9.17) is 0 Å². The van der Waals surface area contributed by atoms with Gasteiger partial charge in [-0.2, -0.15) is 9.36 Å². The van der Waals surface area contributed by atoms with E-state index in [1.54, 1.807) is 14.0 Å². The summed E-state index contributed by atoms with van der Waals surface area (Å²) in [6.45, 7) is 1.78. The largest absolute Gasteiger partial charge is 0.357 e. The molecule has 1 heterocycles. The lowest BCUT2D eigenvalue weighted by molar-refractivity contribution is -0.121. The van der Waals surface area contributed by atoms with Gasteiger partial charge in [-0.3, -0.25) is 4.79 Å². The molecule has 0 bridgehead atoms. The van der Waals surface area contributed by atoms with Gasteiger partial charge in [0, 0.05) is 24.1 Å². The summed E-state index contributed by atoms with van der Waals surface area (Å²) in [6.07, 6.45) is 0. The molecule has 94 valence electrons. The summed E-state index contributed by atoms with van der Waals surface area (Å²) in [5.41, 5.74) is 0.967. The number of rotatable bonds is 4. The van der Waals surface area contributed by atoms with E-state index in [2.05, 4.69) is 20.0 Å². The lowest BCUT2D eigenvalue weighted by Crippen LogP contribution is -2.35. The van der Waals surface area contributed by atoms with Crippen LogP contribution < -0.4 is 10.6 Å². The summed E-state index contributed by atoms with van der Waals surface area (Å²) >= 11 is 1.25. The molecule has 1 aromatic heterocycles. The summed E-state index contributed by atoms with van der Waals surface area (Å²) < 4.78 is 4.26. The Balaban J connectivity index is 2.09. The normalized spacial score (nSPS) is 11.9. The maximum Gasteiger partial charge on any atom is 0.242 e. The number of anilines is 1. The van der Waals surface area contributed by atoms with Crippen molar-refractivity contribution in [2.45, 2.75) is 13.0 Å². The number of carbonyl (C=O) groups is 1. The van der Waals surface area contributed by atoms with Crippen LogP contribution in [0.5, 0.6) is 0 Å². The second-order valence-electron chi connectivity index (χ2n) is 3.77. The number of benzene rings is 1. The third-order valence-electron chi connectivity index (χ3n) is 2.44. The molecule has 5 nitrogen and oxygen atoms in total. The number of hydrogen-bond donors (Lipinski definition) is 2. The molecular weight excluding hydrogens is 248 g/mol. The molecule has 18 heavy (non-hydrogen) atoms. The zero-order valence-electron chi connectivity index (χ0n) is 10.2. The summed E-state index contributed by atoms with van der Waals surface area (Å²) in [6, 6.07) is 9.41. The van der Waals surface area contributed by atoms with Gasteiger partial charge in [0.2, 0.25) is 11.0 Å². The van der Waals surface area contributed by atoms with Crippen LogP contribution in [-0.4, -0.2) is 28.4 Å². The van der Waals surface area contributed by atoms with Gasteiger partial charge in [-0.05, 0) is 6.92 Å². The summed E-state index contributed by atoms with van der Waals surface area (Å²) in [7, 11) is 1.61. The molecule has 0 aliphatic rings. The molecule has 0 unspecified atom stereocenters. The van der Waals surface area contributed by atoms with Gasteiger partial charge in [-0.25, -0.2) is 0 Å². The monoisotopic (exact) mass is 262 g/mol. The third kappa shape index (κ3) is 2.84. The molecule has 0 aliphatic heterocycles. The second-order valence-corrected chi connectivity index (χ2v) is 4.52. The fourth-order valence-corrected chi connectivity index (χ4v) is 2.13. The molecule has 0 spiro atoms. The number of amides is 1. The van der Waals surface area contributed by atoms with E-state index in [0.29, 0.717) is 11.0 Å². The Morgan fingerprint density at radius 1 is 1.33 bits per heavy atom. The van der Waals surface area contributed by atoms with Crippen LogP contribution in [0.3, 0.4) is 0 Å². The molecule has 0 radical (unpaired) electrons. The van der Waals surface area contributed by atoms with Crippen LogP contribution in [0.4, 0.5) is 5.13 Å². The Kier molecular flexibility index (Phi) is 3.88. The molecular formula is C12H14N4OS. The van der Waals surface area contributed by atoms with Crippen molar-refractivity contribution in [1.82, 2.24) is 14.7 Å². The Labute approximate surface area is 109 Å². The Morgan fingerprint density at radius 3 is 2.72 bits per heavy atom. The highest BCUT2D eigenvalue weighted by atomic mass is 32.1. The van der Waals surface area contributed by atoms with E-state index in [0.717, 1.165) is 5.56 Å². The van der Waals surface area contributed by atoms with Gasteiger partial charge < -0.3 is 10.6 Å². The Morgan fingerprint density at radius 2 is 2.06 bits per heavy atom. The second kappa shape index (κ2) is 5.59. The minimum absolute atomic E-state index is 0.0774. The first-order valence-corrected chi connectivity index (χ1v) is 6.35. The standard InChI is InChI=1S/C12H14N4OS/c1-8(11(17)13-2)14-12-15-10(16-18-12)9-6-4-3-5-7-9/h3-8H,1-2H3,(H,13,17)(H,14,15,16)/t8-/m1/s1. The van der Waals surface area contributed by atoms with Crippen LogP contribution in [0.25, 0.3) is 11.4 Å². The molecule has 6 heteroatoms. The van der Waals surface area contributed by atoms with E-state index in [9.17, 15) is 4.79 Å². The van der Waals surface area contributed by atoms with Gasteiger partial charge in [0.25, 0.3) is 0 Å². The zero-order valence-corrected chi connectivity index (χ0v) is 11.0. The first-order chi connectivity index (χ1) is 8.70. The van der Waals surface area contributed by atoms with Crippen LogP contribution in [-0.2, 0) is 4.79 Å². The number of nitrogens with zero attached hydrogens (tertiary/aromatic N) is 2. The molecule has 0 aliphatic carbocycles. The number of likely N-dealkylation sites (N-methyl/N-ethyl adjacent to an activating group) is 1. The van der Waals surface area contributed by atoms with Gasteiger partial charge in [0.15, 0.2) is 5.82 Å². The van der Waals surface area contributed by atoms with Crippen molar-refractivity contribution in [3.05, 3.63) is 30.3 Å². The lowest BCUT2D eigenvalue weighted by atomic mass is 10.2. The smallest absolute Gasteiger partial charge is 0.242 e. The first kappa shape index (κ1) is 12.5. The van der Waals surface area contributed by atoms with Gasteiger partial charge >= 0.3 is 0 Å². The van der Waals surface area contributed by atoms with Crippen LogP contribution in [0.2, 0.25) is 0 Å². The van der Waals surface area contributed by atoms with E-state index in [-0.39, 0.29) is 11.9 Å². The topological polar surface area (TPSA) is 66.9 Å². The highest BCUT2D eigenvalue weighted by Gasteiger charge is 2.13. The fourth-order valence-electron chi connectivity index (χ4n) is 1.45. The van der Waals surface area contributed by atoms with Crippen LogP contribution >= 0.6 is 11.5 Å². The molecule has 1 atom stereocenters. The molecule has 2 rings (SSSR count). The van der Waals surface area contributed by atoms with Gasteiger partial charge in [-0.15, -0.1) is 0 Å². The summed E-state index contributed by atoms with van der Waals surface area (Å²) in [5, 5.41) is 6.24. The minimum atomic E-state index is -0.327. The average molecular weight is 262 g/mol. The third-order valence-corrected chi connectivity index (χ3v) is 3.08. The van der Waals surface area contributed by atoms with Crippen molar-refractivity contribution in [2.75, 3.05) is 12.4 Å². The highest BCUT2D eigenvalue weighted by Crippen LogP contribution is 2.20. The number of hydrogen-bond acceptors (Lipinski definition) is 5. The van der Waals surface area contributed by atoms with Crippen LogP contribution in [0.15, 0.2) is 30.3 Å². The summed E-state index contributed by atoms with van der Waals surface area (Å²) in [4.78, 5) is 15.7. The van der Waals surface area contributed by atoms with Crippen LogP contribution in [0.1, 0.15) is 6.92 Å².